The Kier molecular flexibility index (Phi) is 5.09. The molecule has 0 fully saturated rings. The van der Waals surface area contributed by atoms with Crippen LogP contribution in [-0.4, -0.2) is 24.9 Å². The average molecular weight is 313 g/mol. The first kappa shape index (κ1) is 16.2. The third-order valence-electron chi connectivity index (χ3n) is 3.22. The zero-order valence-electron chi connectivity index (χ0n) is 12.7. The molecule has 0 bridgehead atoms. The summed E-state index contributed by atoms with van der Waals surface area (Å²) in [5, 5.41) is 10.9. The second-order valence-corrected chi connectivity index (χ2v) is 4.58. The van der Waals surface area contributed by atoms with Gasteiger partial charge in [-0.25, -0.2) is 0 Å². The van der Waals surface area contributed by atoms with Crippen LogP contribution in [0.3, 0.4) is 0 Å². The molecule has 0 aromatic heterocycles. The molecule has 0 aliphatic carbocycles. The maximum Gasteiger partial charge on any atom is 0.276 e. The fourth-order valence-electron chi connectivity index (χ4n) is 2.05. The van der Waals surface area contributed by atoms with E-state index in [4.69, 9.17) is 9.47 Å². The highest BCUT2D eigenvalue weighted by atomic mass is 16.6. The third-order valence-corrected chi connectivity index (χ3v) is 3.22. The highest BCUT2D eigenvalue weighted by molar-refractivity contribution is 6.07. The smallest absolute Gasteiger partial charge is 0.276 e. The lowest BCUT2D eigenvalue weighted by Gasteiger charge is -2.08. The lowest BCUT2D eigenvalue weighted by molar-refractivity contribution is -0.385. The van der Waals surface area contributed by atoms with Crippen LogP contribution in [-0.2, 0) is 0 Å². The van der Waals surface area contributed by atoms with E-state index in [1.165, 1.54) is 32.4 Å². The van der Waals surface area contributed by atoms with Crippen molar-refractivity contribution in [1.82, 2.24) is 0 Å². The van der Waals surface area contributed by atoms with Gasteiger partial charge in [0.05, 0.1) is 24.7 Å². The van der Waals surface area contributed by atoms with E-state index in [2.05, 4.69) is 0 Å². The molecule has 2 rings (SSSR count). The number of carbonyl (C=O) groups is 1. The number of ether oxygens (including phenoxy) is 2. The maximum atomic E-state index is 12.2. The fraction of sp³-hybridized carbons (Fsp3) is 0.118. The van der Waals surface area contributed by atoms with Crippen molar-refractivity contribution in [3.63, 3.8) is 0 Å². The summed E-state index contributed by atoms with van der Waals surface area (Å²) < 4.78 is 10.3. The normalized spacial score (nSPS) is 10.5. The van der Waals surface area contributed by atoms with Crippen molar-refractivity contribution < 1.29 is 19.2 Å². The molecule has 118 valence electrons. The first-order valence-corrected chi connectivity index (χ1v) is 6.74. The summed E-state index contributed by atoms with van der Waals surface area (Å²) in [5.41, 5.74) is 0.715. The number of hydrogen-bond acceptors (Lipinski definition) is 5. The lowest BCUT2D eigenvalue weighted by Crippen LogP contribution is -1.97. The van der Waals surface area contributed by atoms with Crippen LogP contribution in [0.2, 0.25) is 0 Å². The molecule has 0 N–H and O–H groups in total. The van der Waals surface area contributed by atoms with E-state index in [0.717, 1.165) is 0 Å². The molecule has 0 radical (unpaired) electrons. The third kappa shape index (κ3) is 3.74. The van der Waals surface area contributed by atoms with Gasteiger partial charge in [-0.3, -0.25) is 14.9 Å². The predicted molar refractivity (Wildman–Crippen MR) is 86.0 cm³/mol. The van der Waals surface area contributed by atoms with Gasteiger partial charge < -0.3 is 9.47 Å². The van der Waals surface area contributed by atoms with E-state index in [0.29, 0.717) is 22.6 Å². The molecule has 0 aliphatic rings. The summed E-state index contributed by atoms with van der Waals surface area (Å²) in [6.07, 6.45) is 2.72. The molecule has 0 atom stereocenters. The number of nitrogens with zero attached hydrogens (tertiary/aromatic N) is 1. The zero-order chi connectivity index (χ0) is 16.8. The standard InChI is InChI=1S/C17H15NO5/c1-22-16-10-8-13(11-17(16)23-2)15(19)9-7-12-5-3-4-6-14(12)18(20)21/h3-11H,1-2H3. The van der Waals surface area contributed by atoms with Crippen LogP contribution in [0.4, 0.5) is 5.69 Å². The Labute approximate surface area is 133 Å². The Hall–Kier alpha value is -3.15. The summed E-state index contributed by atoms with van der Waals surface area (Å²) in [6.45, 7) is 0. The molecule has 2 aromatic carbocycles. The first-order valence-electron chi connectivity index (χ1n) is 6.74. The van der Waals surface area contributed by atoms with Gasteiger partial charge in [-0.05, 0) is 36.4 Å². The minimum absolute atomic E-state index is 0.0520. The molecule has 0 saturated heterocycles. The molecule has 0 amide bonds. The summed E-state index contributed by atoms with van der Waals surface area (Å²) >= 11 is 0. The largest absolute Gasteiger partial charge is 0.493 e. The van der Waals surface area contributed by atoms with E-state index in [1.807, 2.05) is 0 Å². The van der Waals surface area contributed by atoms with Crippen molar-refractivity contribution in [1.29, 1.82) is 0 Å². The predicted octanol–water partition coefficient (Wildman–Crippen LogP) is 3.51. The van der Waals surface area contributed by atoms with E-state index < -0.39 is 4.92 Å². The summed E-state index contributed by atoms with van der Waals surface area (Å²) in [5.74, 6) is 0.674. The van der Waals surface area contributed by atoms with Crippen molar-refractivity contribution in [2.75, 3.05) is 14.2 Å². The quantitative estimate of drug-likeness (QED) is 0.353. The lowest BCUT2D eigenvalue weighted by atomic mass is 10.1. The van der Waals surface area contributed by atoms with Gasteiger partial charge in [0, 0.05) is 11.6 Å². The van der Waals surface area contributed by atoms with Gasteiger partial charge in [0.2, 0.25) is 0 Å². The van der Waals surface area contributed by atoms with Crippen LogP contribution in [0.1, 0.15) is 15.9 Å². The molecule has 6 nitrogen and oxygen atoms in total. The number of nitro groups is 1. The molecule has 0 saturated carbocycles. The Bertz CT molecular complexity index is 767. The van der Waals surface area contributed by atoms with Crippen molar-refractivity contribution >= 4 is 17.5 Å². The second-order valence-electron chi connectivity index (χ2n) is 4.58. The molecule has 0 aliphatic heterocycles. The van der Waals surface area contributed by atoms with E-state index in [-0.39, 0.29) is 11.5 Å². The van der Waals surface area contributed by atoms with Gasteiger partial charge in [-0.1, -0.05) is 12.1 Å². The number of ketones is 1. The van der Waals surface area contributed by atoms with E-state index in [9.17, 15) is 14.9 Å². The van der Waals surface area contributed by atoms with Crippen LogP contribution < -0.4 is 9.47 Å². The summed E-state index contributed by atoms with van der Waals surface area (Å²) in [4.78, 5) is 22.7. The van der Waals surface area contributed by atoms with Crippen molar-refractivity contribution in [3.8, 4) is 11.5 Å². The Balaban J connectivity index is 2.27. The van der Waals surface area contributed by atoms with Gasteiger partial charge in [0.1, 0.15) is 0 Å². The van der Waals surface area contributed by atoms with E-state index in [1.54, 1.807) is 36.4 Å². The minimum Gasteiger partial charge on any atom is -0.493 e. The first-order chi connectivity index (χ1) is 11.1. The number of carbonyl (C=O) groups excluding carboxylic acids is 1. The maximum absolute atomic E-state index is 12.2. The van der Waals surface area contributed by atoms with Gasteiger partial charge >= 0.3 is 0 Å². The number of allylic oxidation sites excluding steroid dienone is 1. The zero-order valence-corrected chi connectivity index (χ0v) is 12.7. The van der Waals surface area contributed by atoms with Gasteiger partial charge in [-0.15, -0.1) is 0 Å². The Morgan fingerprint density at radius 2 is 1.78 bits per heavy atom. The van der Waals surface area contributed by atoms with Crippen LogP contribution in [0.15, 0.2) is 48.5 Å². The van der Waals surface area contributed by atoms with Crippen LogP contribution in [0, 0.1) is 10.1 Å². The topological polar surface area (TPSA) is 78.7 Å². The summed E-state index contributed by atoms with van der Waals surface area (Å²) in [7, 11) is 2.99. The highest BCUT2D eigenvalue weighted by Crippen LogP contribution is 2.28. The van der Waals surface area contributed by atoms with Crippen LogP contribution in [0.5, 0.6) is 11.5 Å². The number of methoxy groups -OCH3 is 2. The average Bonchev–Trinajstić information content (AvgIpc) is 2.59. The molecule has 6 heteroatoms. The summed E-state index contributed by atoms with van der Waals surface area (Å²) in [6, 6.07) is 11.0. The number of benzene rings is 2. The van der Waals surface area contributed by atoms with Gasteiger partial charge in [0.25, 0.3) is 5.69 Å². The number of para-hydroxylation sites is 1. The minimum atomic E-state index is -0.486. The number of rotatable bonds is 6. The Morgan fingerprint density at radius 1 is 1.09 bits per heavy atom. The number of hydrogen-bond donors (Lipinski definition) is 0. The Morgan fingerprint density at radius 3 is 2.43 bits per heavy atom. The SMILES string of the molecule is COc1ccc(C(=O)C=Cc2ccccc2[N+](=O)[O-])cc1OC. The van der Waals surface area contributed by atoms with Crippen molar-refractivity contribution in [2.24, 2.45) is 0 Å². The van der Waals surface area contributed by atoms with Crippen molar-refractivity contribution in [2.45, 2.75) is 0 Å². The van der Waals surface area contributed by atoms with Crippen LogP contribution in [0.25, 0.3) is 6.08 Å². The van der Waals surface area contributed by atoms with Crippen LogP contribution >= 0.6 is 0 Å². The monoisotopic (exact) mass is 313 g/mol. The molecular formula is C17H15NO5. The van der Waals surface area contributed by atoms with Gasteiger partial charge in [-0.2, -0.15) is 0 Å². The van der Waals surface area contributed by atoms with Gasteiger partial charge in [0.15, 0.2) is 17.3 Å². The molecular weight excluding hydrogens is 298 g/mol. The van der Waals surface area contributed by atoms with Crippen molar-refractivity contribution in [3.05, 3.63) is 69.8 Å². The molecule has 23 heavy (non-hydrogen) atoms. The molecule has 0 spiro atoms. The number of nitro benzene ring substituents is 1. The fourth-order valence-corrected chi connectivity index (χ4v) is 2.05. The molecule has 0 heterocycles. The molecule has 0 unspecified atom stereocenters. The molecule has 2 aromatic rings. The second kappa shape index (κ2) is 7.22. The van der Waals surface area contributed by atoms with E-state index >= 15 is 0 Å². The highest BCUT2D eigenvalue weighted by Gasteiger charge is 2.11.